The van der Waals surface area contributed by atoms with Gasteiger partial charge in [0.1, 0.15) is 5.60 Å². The topological polar surface area (TPSA) is 45.2 Å². The van der Waals surface area contributed by atoms with Gasteiger partial charge >= 0.3 is 0 Å². The minimum Gasteiger partial charge on any atom is -0.382 e. The Morgan fingerprint density at radius 2 is 2.08 bits per heavy atom. The van der Waals surface area contributed by atoms with Crippen LogP contribution in [0.25, 0.3) is 0 Å². The standard InChI is InChI=1S/C8H10N2O.2ClH/c11-8(5-10-6-8)7-2-1-3-9-4-7;;/h1-4,10-11H,5-6H2;2*1H. The van der Waals surface area contributed by atoms with Crippen LogP contribution in [0.4, 0.5) is 0 Å². The Bertz CT molecular complexity index is 252. The van der Waals surface area contributed by atoms with E-state index in [9.17, 15) is 5.11 Å². The van der Waals surface area contributed by atoms with Crippen LogP contribution in [-0.2, 0) is 5.60 Å². The number of nitrogens with zero attached hydrogens (tertiary/aromatic N) is 1. The van der Waals surface area contributed by atoms with Crippen LogP contribution < -0.4 is 5.32 Å². The summed E-state index contributed by atoms with van der Waals surface area (Å²) in [7, 11) is 0. The van der Waals surface area contributed by atoms with E-state index >= 15 is 0 Å². The molecule has 0 amide bonds. The molecule has 0 spiro atoms. The highest BCUT2D eigenvalue weighted by molar-refractivity contribution is 5.85. The van der Waals surface area contributed by atoms with Crippen LogP contribution in [0.1, 0.15) is 5.56 Å². The van der Waals surface area contributed by atoms with E-state index in [2.05, 4.69) is 10.3 Å². The van der Waals surface area contributed by atoms with Crippen LogP contribution in [0, 0.1) is 0 Å². The van der Waals surface area contributed by atoms with Gasteiger partial charge in [0.2, 0.25) is 0 Å². The Labute approximate surface area is 89.4 Å². The third kappa shape index (κ3) is 2.31. The molecule has 3 nitrogen and oxygen atoms in total. The maximum atomic E-state index is 9.78. The van der Waals surface area contributed by atoms with Crippen molar-refractivity contribution in [2.24, 2.45) is 0 Å². The summed E-state index contributed by atoms with van der Waals surface area (Å²) in [6, 6.07) is 3.74. The van der Waals surface area contributed by atoms with Crippen molar-refractivity contribution in [2.75, 3.05) is 13.1 Å². The average Bonchev–Trinajstić information content (AvgIpc) is 2.02. The molecule has 1 aliphatic heterocycles. The molecule has 2 heterocycles. The number of β-amino-alcohol motifs (C(OH)–C–C–N with tert-alkyl or cyclic N) is 1. The molecule has 2 rings (SSSR count). The third-order valence-corrected chi connectivity index (χ3v) is 2.03. The van der Waals surface area contributed by atoms with Gasteiger partial charge < -0.3 is 10.4 Å². The first-order valence-corrected chi connectivity index (χ1v) is 3.65. The van der Waals surface area contributed by atoms with Crippen molar-refractivity contribution in [1.29, 1.82) is 0 Å². The SMILES string of the molecule is Cl.Cl.OC1(c2cccnc2)CNC1. The molecule has 0 bridgehead atoms. The molecule has 0 saturated carbocycles. The Kier molecular flexibility index (Phi) is 4.64. The van der Waals surface area contributed by atoms with Crippen LogP contribution in [0.5, 0.6) is 0 Å². The average molecular weight is 223 g/mol. The smallest absolute Gasteiger partial charge is 0.116 e. The van der Waals surface area contributed by atoms with E-state index in [1.807, 2.05) is 12.1 Å². The van der Waals surface area contributed by atoms with Gasteiger partial charge in [-0.2, -0.15) is 0 Å². The highest BCUT2D eigenvalue weighted by Crippen LogP contribution is 2.23. The van der Waals surface area contributed by atoms with Gasteiger partial charge in [0.05, 0.1) is 0 Å². The fraction of sp³-hybridized carbons (Fsp3) is 0.375. The quantitative estimate of drug-likeness (QED) is 0.737. The highest BCUT2D eigenvalue weighted by Gasteiger charge is 2.35. The molecular formula is C8H12Cl2N2O. The molecule has 5 heteroatoms. The Morgan fingerprint density at radius 1 is 1.38 bits per heavy atom. The maximum Gasteiger partial charge on any atom is 0.116 e. The number of rotatable bonds is 1. The minimum atomic E-state index is -0.658. The number of pyridine rings is 1. The molecule has 1 saturated heterocycles. The second-order valence-corrected chi connectivity index (χ2v) is 2.88. The van der Waals surface area contributed by atoms with Gasteiger partial charge in [-0.05, 0) is 6.07 Å². The monoisotopic (exact) mass is 222 g/mol. The Hall–Kier alpha value is -0.350. The summed E-state index contributed by atoms with van der Waals surface area (Å²) in [6.45, 7) is 1.28. The number of aliphatic hydroxyl groups is 1. The normalized spacial score (nSPS) is 17.6. The molecule has 1 aromatic rings. The van der Waals surface area contributed by atoms with Gasteiger partial charge in [0.25, 0.3) is 0 Å². The maximum absolute atomic E-state index is 9.78. The van der Waals surface area contributed by atoms with Crippen LogP contribution >= 0.6 is 24.8 Å². The van der Waals surface area contributed by atoms with Gasteiger partial charge in [-0.1, -0.05) is 6.07 Å². The zero-order valence-corrected chi connectivity index (χ0v) is 8.57. The minimum absolute atomic E-state index is 0. The van der Waals surface area contributed by atoms with Gasteiger partial charge in [-0.15, -0.1) is 24.8 Å². The Morgan fingerprint density at radius 3 is 2.46 bits per heavy atom. The summed E-state index contributed by atoms with van der Waals surface area (Å²) in [5.74, 6) is 0. The lowest BCUT2D eigenvalue weighted by Crippen LogP contribution is -2.56. The predicted octanol–water partition coefficient (Wildman–Crippen LogP) is 0.716. The van der Waals surface area contributed by atoms with E-state index in [1.165, 1.54) is 0 Å². The summed E-state index contributed by atoms with van der Waals surface area (Å²) in [4.78, 5) is 3.95. The summed E-state index contributed by atoms with van der Waals surface area (Å²) < 4.78 is 0. The second-order valence-electron chi connectivity index (χ2n) is 2.88. The van der Waals surface area contributed by atoms with Gasteiger partial charge in [-0.3, -0.25) is 4.98 Å². The van der Waals surface area contributed by atoms with E-state index in [1.54, 1.807) is 12.4 Å². The van der Waals surface area contributed by atoms with Gasteiger partial charge in [-0.25, -0.2) is 0 Å². The molecule has 1 aliphatic rings. The molecule has 2 N–H and O–H groups in total. The van der Waals surface area contributed by atoms with Crippen molar-refractivity contribution in [1.82, 2.24) is 10.3 Å². The van der Waals surface area contributed by atoms with Gasteiger partial charge in [0, 0.05) is 31.0 Å². The summed E-state index contributed by atoms with van der Waals surface area (Å²) in [5, 5.41) is 12.8. The Balaban J connectivity index is 0.000000720. The zero-order chi connectivity index (χ0) is 7.73. The number of halogens is 2. The lowest BCUT2D eigenvalue weighted by atomic mass is 9.90. The third-order valence-electron chi connectivity index (χ3n) is 2.03. The van der Waals surface area contributed by atoms with E-state index in [4.69, 9.17) is 0 Å². The molecule has 0 aliphatic carbocycles. The summed E-state index contributed by atoms with van der Waals surface area (Å²) >= 11 is 0. The van der Waals surface area contributed by atoms with Crippen molar-refractivity contribution >= 4 is 24.8 Å². The molecule has 13 heavy (non-hydrogen) atoms. The summed E-state index contributed by atoms with van der Waals surface area (Å²) in [6.07, 6.45) is 3.42. The van der Waals surface area contributed by atoms with Crippen molar-refractivity contribution in [3.05, 3.63) is 30.1 Å². The van der Waals surface area contributed by atoms with Crippen LogP contribution in [0.3, 0.4) is 0 Å². The van der Waals surface area contributed by atoms with Crippen LogP contribution in [-0.4, -0.2) is 23.2 Å². The van der Waals surface area contributed by atoms with Crippen molar-refractivity contribution in [3.63, 3.8) is 0 Å². The molecule has 0 atom stereocenters. The first-order valence-electron chi connectivity index (χ1n) is 3.65. The van der Waals surface area contributed by atoms with Crippen LogP contribution in [0.15, 0.2) is 24.5 Å². The van der Waals surface area contributed by atoms with Gasteiger partial charge in [0.15, 0.2) is 0 Å². The molecule has 1 fully saturated rings. The molecule has 0 radical (unpaired) electrons. The molecule has 1 aromatic heterocycles. The van der Waals surface area contributed by atoms with Crippen molar-refractivity contribution in [2.45, 2.75) is 5.60 Å². The number of hydrogen-bond donors (Lipinski definition) is 2. The van der Waals surface area contributed by atoms with Crippen molar-refractivity contribution < 1.29 is 5.11 Å². The highest BCUT2D eigenvalue weighted by atomic mass is 35.5. The largest absolute Gasteiger partial charge is 0.382 e. The summed E-state index contributed by atoms with van der Waals surface area (Å²) in [5.41, 5.74) is 0.243. The fourth-order valence-corrected chi connectivity index (χ4v) is 1.20. The lowest BCUT2D eigenvalue weighted by Gasteiger charge is -2.37. The second kappa shape index (κ2) is 4.77. The lowest BCUT2D eigenvalue weighted by molar-refractivity contribution is -0.0149. The molecule has 0 aromatic carbocycles. The number of nitrogens with one attached hydrogen (secondary N) is 1. The molecular weight excluding hydrogens is 211 g/mol. The van der Waals surface area contributed by atoms with E-state index in [-0.39, 0.29) is 24.8 Å². The van der Waals surface area contributed by atoms with E-state index in [0.29, 0.717) is 13.1 Å². The zero-order valence-electron chi connectivity index (χ0n) is 6.93. The predicted molar refractivity (Wildman–Crippen MR) is 55.5 cm³/mol. The molecule has 74 valence electrons. The van der Waals surface area contributed by atoms with E-state index in [0.717, 1.165) is 5.56 Å². The van der Waals surface area contributed by atoms with E-state index < -0.39 is 5.60 Å². The first-order chi connectivity index (χ1) is 5.31. The van der Waals surface area contributed by atoms with Crippen LogP contribution in [0.2, 0.25) is 0 Å². The first kappa shape index (κ1) is 12.7. The fourth-order valence-electron chi connectivity index (χ4n) is 1.20. The number of aromatic nitrogens is 1. The number of hydrogen-bond acceptors (Lipinski definition) is 3. The molecule has 0 unspecified atom stereocenters. The van der Waals surface area contributed by atoms with Crippen molar-refractivity contribution in [3.8, 4) is 0 Å².